The molecule has 2 aromatic carbocycles. The molecule has 0 atom stereocenters. The SMILES string of the molecule is COc1ccc2sc3ccc(C)cc3c(=O)c2c1. The van der Waals surface area contributed by atoms with Crippen molar-refractivity contribution in [3.8, 4) is 5.75 Å². The summed E-state index contributed by atoms with van der Waals surface area (Å²) in [5.41, 5.74) is 1.19. The largest absolute Gasteiger partial charge is 0.497 e. The van der Waals surface area contributed by atoms with Crippen LogP contribution in [0.1, 0.15) is 5.56 Å². The predicted molar refractivity (Wildman–Crippen MR) is 76.9 cm³/mol. The topological polar surface area (TPSA) is 26.3 Å². The third-order valence-corrected chi connectivity index (χ3v) is 4.18. The first kappa shape index (κ1) is 11.2. The van der Waals surface area contributed by atoms with Crippen molar-refractivity contribution in [3.05, 3.63) is 52.2 Å². The molecule has 3 rings (SSSR count). The summed E-state index contributed by atoms with van der Waals surface area (Å²) < 4.78 is 7.21. The summed E-state index contributed by atoms with van der Waals surface area (Å²) in [6.07, 6.45) is 0. The Kier molecular flexibility index (Phi) is 2.56. The lowest BCUT2D eigenvalue weighted by molar-refractivity contribution is 0.415. The van der Waals surface area contributed by atoms with Gasteiger partial charge in [0, 0.05) is 20.2 Å². The first-order chi connectivity index (χ1) is 8.69. The van der Waals surface area contributed by atoms with E-state index in [1.54, 1.807) is 18.4 Å². The van der Waals surface area contributed by atoms with Crippen LogP contribution in [0, 0.1) is 6.92 Å². The lowest BCUT2D eigenvalue weighted by Gasteiger charge is -2.04. The molecule has 0 aliphatic heterocycles. The first-order valence-electron chi connectivity index (χ1n) is 5.70. The van der Waals surface area contributed by atoms with Gasteiger partial charge in [-0.25, -0.2) is 0 Å². The lowest BCUT2D eigenvalue weighted by atomic mass is 10.1. The minimum absolute atomic E-state index is 0.0846. The molecule has 0 saturated heterocycles. The van der Waals surface area contributed by atoms with Crippen molar-refractivity contribution >= 4 is 31.5 Å². The minimum Gasteiger partial charge on any atom is -0.497 e. The van der Waals surface area contributed by atoms with Gasteiger partial charge in [0.15, 0.2) is 5.43 Å². The molecule has 0 N–H and O–H groups in total. The average Bonchev–Trinajstić information content (AvgIpc) is 2.40. The highest BCUT2D eigenvalue weighted by atomic mass is 32.1. The van der Waals surface area contributed by atoms with Crippen LogP contribution in [0.3, 0.4) is 0 Å². The Morgan fingerprint density at radius 3 is 2.39 bits per heavy atom. The molecule has 1 heterocycles. The van der Waals surface area contributed by atoms with Gasteiger partial charge in [-0.05, 0) is 37.3 Å². The Hall–Kier alpha value is -1.87. The number of methoxy groups -OCH3 is 1. The van der Waals surface area contributed by atoms with Gasteiger partial charge >= 0.3 is 0 Å². The van der Waals surface area contributed by atoms with Crippen molar-refractivity contribution in [1.82, 2.24) is 0 Å². The van der Waals surface area contributed by atoms with E-state index in [0.29, 0.717) is 0 Å². The zero-order valence-electron chi connectivity index (χ0n) is 10.2. The highest BCUT2D eigenvalue weighted by Gasteiger charge is 2.07. The van der Waals surface area contributed by atoms with Crippen molar-refractivity contribution in [1.29, 1.82) is 0 Å². The second-order valence-electron chi connectivity index (χ2n) is 4.29. The van der Waals surface area contributed by atoms with Crippen LogP contribution in [-0.4, -0.2) is 7.11 Å². The molecule has 0 bridgehead atoms. The maximum absolute atomic E-state index is 12.5. The molecule has 0 aliphatic rings. The number of benzene rings is 2. The summed E-state index contributed by atoms with van der Waals surface area (Å²) in [5, 5.41) is 1.53. The maximum atomic E-state index is 12.5. The van der Waals surface area contributed by atoms with Crippen molar-refractivity contribution in [2.24, 2.45) is 0 Å². The summed E-state index contributed by atoms with van der Waals surface area (Å²) in [4.78, 5) is 12.5. The van der Waals surface area contributed by atoms with Gasteiger partial charge in [0.2, 0.25) is 0 Å². The summed E-state index contributed by atoms with van der Waals surface area (Å²) in [6.45, 7) is 2.00. The molecular weight excluding hydrogens is 244 g/mol. The van der Waals surface area contributed by atoms with Gasteiger partial charge < -0.3 is 4.74 Å². The quantitative estimate of drug-likeness (QED) is 0.620. The van der Waals surface area contributed by atoms with Crippen LogP contribution in [0.4, 0.5) is 0 Å². The van der Waals surface area contributed by atoms with Gasteiger partial charge in [-0.3, -0.25) is 4.79 Å². The van der Waals surface area contributed by atoms with Crippen LogP contribution in [0.5, 0.6) is 5.75 Å². The van der Waals surface area contributed by atoms with Gasteiger partial charge in [-0.2, -0.15) is 0 Å². The van der Waals surface area contributed by atoms with Crippen molar-refractivity contribution in [2.45, 2.75) is 6.92 Å². The zero-order valence-corrected chi connectivity index (χ0v) is 11.0. The smallest absolute Gasteiger partial charge is 0.196 e. The molecule has 0 saturated carbocycles. The number of hydrogen-bond donors (Lipinski definition) is 0. The normalized spacial score (nSPS) is 11.0. The second-order valence-corrected chi connectivity index (χ2v) is 5.38. The fourth-order valence-corrected chi connectivity index (χ4v) is 3.11. The van der Waals surface area contributed by atoms with Crippen molar-refractivity contribution < 1.29 is 4.74 Å². The molecule has 0 unspecified atom stereocenters. The molecule has 0 spiro atoms. The Morgan fingerprint density at radius 2 is 1.67 bits per heavy atom. The Bertz CT molecular complexity index is 803. The van der Waals surface area contributed by atoms with Gasteiger partial charge in [0.25, 0.3) is 0 Å². The Labute approximate surface area is 108 Å². The van der Waals surface area contributed by atoms with E-state index in [4.69, 9.17) is 4.74 Å². The van der Waals surface area contributed by atoms with E-state index >= 15 is 0 Å². The van der Waals surface area contributed by atoms with Crippen LogP contribution in [0.25, 0.3) is 20.2 Å². The minimum atomic E-state index is 0.0846. The molecule has 0 amide bonds. The van der Waals surface area contributed by atoms with Crippen molar-refractivity contribution in [3.63, 3.8) is 0 Å². The zero-order chi connectivity index (χ0) is 12.7. The van der Waals surface area contributed by atoms with E-state index in [9.17, 15) is 4.79 Å². The standard InChI is InChI=1S/C15H12O2S/c1-9-3-5-13-11(7-9)15(16)12-8-10(17-2)4-6-14(12)18-13/h3-8H,1-2H3. The van der Waals surface area contributed by atoms with Crippen LogP contribution in [0.2, 0.25) is 0 Å². The highest BCUT2D eigenvalue weighted by Crippen LogP contribution is 2.27. The molecule has 0 aliphatic carbocycles. The van der Waals surface area contributed by atoms with Gasteiger partial charge in [0.05, 0.1) is 7.11 Å². The monoisotopic (exact) mass is 256 g/mol. The summed E-state index contributed by atoms with van der Waals surface area (Å²) in [6, 6.07) is 11.6. The molecule has 3 heteroatoms. The Balaban J connectivity index is 2.49. The van der Waals surface area contributed by atoms with E-state index in [0.717, 1.165) is 31.5 Å². The summed E-state index contributed by atoms with van der Waals surface area (Å²) in [5.74, 6) is 0.721. The first-order valence-corrected chi connectivity index (χ1v) is 6.52. The highest BCUT2D eigenvalue weighted by molar-refractivity contribution is 7.24. The van der Waals surface area contributed by atoms with Crippen LogP contribution < -0.4 is 10.2 Å². The molecule has 18 heavy (non-hydrogen) atoms. The van der Waals surface area contributed by atoms with Gasteiger partial charge in [-0.1, -0.05) is 11.6 Å². The van der Waals surface area contributed by atoms with E-state index in [1.165, 1.54) is 0 Å². The third kappa shape index (κ3) is 1.68. The molecule has 90 valence electrons. The average molecular weight is 256 g/mol. The summed E-state index contributed by atoms with van der Waals surface area (Å²) >= 11 is 1.64. The van der Waals surface area contributed by atoms with E-state index in [-0.39, 0.29) is 5.43 Å². The number of hydrogen-bond acceptors (Lipinski definition) is 3. The maximum Gasteiger partial charge on any atom is 0.196 e. The van der Waals surface area contributed by atoms with Gasteiger partial charge in [-0.15, -0.1) is 11.3 Å². The van der Waals surface area contributed by atoms with Crippen LogP contribution in [-0.2, 0) is 0 Å². The van der Waals surface area contributed by atoms with Crippen LogP contribution >= 0.6 is 11.3 Å². The molecule has 2 nitrogen and oxygen atoms in total. The van der Waals surface area contributed by atoms with Gasteiger partial charge in [0.1, 0.15) is 5.75 Å². The fourth-order valence-electron chi connectivity index (χ4n) is 2.08. The molecule has 1 aromatic heterocycles. The third-order valence-electron chi connectivity index (χ3n) is 3.03. The fraction of sp³-hybridized carbons (Fsp3) is 0.133. The molecular formula is C15H12O2S. The van der Waals surface area contributed by atoms with Crippen molar-refractivity contribution in [2.75, 3.05) is 7.11 Å². The number of aryl methyl sites for hydroxylation is 1. The van der Waals surface area contributed by atoms with Crippen LogP contribution in [0.15, 0.2) is 41.2 Å². The van der Waals surface area contributed by atoms with E-state index in [2.05, 4.69) is 0 Å². The lowest BCUT2D eigenvalue weighted by Crippen LogP contribution is -2.01. The van der Waals surface area contributed by atoms with E-state index < -0.39 is 0 Å². The Morgan fingerprint density at radius 1 is 1.00 bits per heavy atom. The molecule has 0 radical (unpaired) electrons. The number of rotatable bonds is 1. The molecule has 3 aromatic rings. The summed E-state index contributed by atoms with van der Waals surface area (Å²) in [7, 11) is 1.61. The predicted octanol–water partition coefficient (Wildman–Crippen LogP) is 3.73. The second kappa shape index (κ2) is 4.10. The number of fused-ring (bicyclic) bond motifs is 2. The number of ether oxygens (including phenoxy) is 1. The van der Waals surface area contributed by atoms with E-state index in [1.807, 2.05) is 43.3 Å². The molecule has 0 fully saturated rings.